The lowest BCUT2D eigenvalue weighted by Crippen LogP contribution is -2.41. The molecule has 1 unspecified atom stereocenters. The van der Waals surface area contributed by atoms with Gasteiger partial charge in [0.05, 0.1) is 6.04 Å². The van der Waals surface area contributed by atoms with Crippen molar-refractivity contribution in [1.82, 2.24) is 10.2 Å². The van der Waals surface area contributed by atoms with Gasteiger partial charge in [0.1, 0.15) is 11.9 Å². The van der Waals surface area contributed by atoms with E-state index in [1.165, 1.54) is 0 Å². The van der Waals surface area contributed by atoms with Crippen molar-refractivity contribution in [1.29, 1.82) is 0 Å². The molecule has 0 bridgehead atoms. The molecule has 0 aliphatic carbocycles. The van der Waals surface area contributed by atoms with Crippen molar-refractivity contribution in [3.63, 3.8) is 0 Å². The third-order valence-electron chi connectivity index (χ3n) is 1.75. The number of carbonyl (C=O) groups is 2. The lowest BCUT2D eigenvalue weighted by atomic mass is 10.2. The van der Waals surface area contributed by atoms with E-state index in [1.807, 2.05) is 19.0 Å². The maximum Gasteiger partial charge on any atom is 0.408 e. The first-order chi connectivity index (χ1) is 7.24. The Morgan fingerprint density at radius 2 is 2.00 bits per heavy atom. The topological polar surface area (TPSA) is 58.6 Å². The van der Waals surface area contributed by atoms with Crippen molar-refractivity contribution in [2.45, 2.75) is 38.8 Å². The summed E-state index contributed by atoms with van der Waals surface area (Å²) in [6.45, 7) is 6.08. The van der Waals surface area contributed by atoms with Crippen LogP contribution < -0.4 is 5.32 Å². The lowest BCUT2D eigenvalue weighted by molar-refractivity contribution is -0.109. The Labute approximate surface area is 97.1 Å². The number of hydrogen-bond acceptors (Lipinski definition) is 4. The van der Waals surface area contributed by atoms with Gasteiger partial charge in [-0.2, -0.15) is 0 Å². The average molecular weight is 230 g/mol. The molecular weight excluding hydrogens is 208 g/mol. The van der Waals surface area contributed by atoms with Crippen LogP contribution >= 0.6 is 0 Å². The van der Waals surface area contributed by atoms with Crippen LogP contribution in [0.15, 0.2) is 0 Å². The van der Waals surface area contributed by atoms with Gasteiger partial charge < -0.3 is 19.7 Å². The highest BCUT2D eigenvalue weighted by Crippen LogP contribution is 2.06. The van der Waals surface area contributed by atoms with Crippen LogP contribution in [-0.4, -0.2) is 49.6 Å². The van der Waals surface area contributed by atoms with E-state index in [0.717, 1.165) is 12.8 Å². The zero-order valence-electron chi connectivity index (χ0n) is 10.7. The van der Waals surface area contributed by atoms with Gasteiger partial charge in [0.15, 0.2) is 0 Å². The van der Waals surface area contributed by atoms with Crippen molar-refractivity contribution >= 4 is 12.4 Å². The van der Waals surface area contributed by atoms with Gasteiger partial charge in [-0.05, 0) is 47.8 Å². The molecule has 0 saturated carbocycles. The fraction of sp³-hybridized carbons (Fsp3) is 0.818. The van der Waals surface area contributed by atoms with E-state index >= 15 is 0 Å². The number of carbonyl (C=O) groups excluding carboxylic acids is 2. The van der Waals surface area contributed by atoms with Gasteiger partial charge in [0.2, 0.25) is 0 Å². The van der Waals surface area contributed by atoms with Gasteiger partial charge in [0.25, 0.3) is 0 Å². The number of amides is 1. The standard InChI is InChI=1S/C11H22N2O3/c1-11(2,3)16-10(15)12-9(8-14)6-7-13(4)5/h8-9H,6-7H2,1-5H3,(H,12,15). The van der Waals surface area contributed by atoms with Gasteiger partial charge in [-0.15, -0.1) is 0 Å². The molecule has 1 atom stereocenters. The fourth-order valence-corrected chi connectivity index (χ4v) is 1.03. The van der Waals surface area contributed by atoms with Gasteiger partial charge in [-0.1, -0.05) is 0 Å². The Hall–Kier alpha value is -1.10. The highest BCUT2D eigenvalue weighted by molar-refractivity contribution is 5.73. The molecule has 0 aromatic carbocycles. The van der Waals surface area contributed by atoms with E-state index in [4.69, 9.17) is 4.74 Å². The molecule has 0 heterocycles. The zero-order valence-corrected chi connectivity index (χ0v) is 10.7. The molecule has 94 valence electrons. The van der Waals surface area contributed by atoms with E-state index in [2.05, 4.69) is 5.32 Å². The largest absolute Gasteiger partial charge is 0.444 e. The van der Waals surface area contributed by atoms with E-state index in [1.54, 1.807) is 20.8 Å². The number of nitrogens with zero attached hydrogens (tertiary/aromatic N) is 1. The molecule has 0 aromatic heterocycles. The summed E-state index contributed by atoms with van der Waals surface area (Å²) in [5.74, 6) is 0. The first-order valence-corrected chi connectivity index (χ1v) is 5.34. The molecule has 1 N–H and O–H groups in total. The molecule has 0 spiro atoms. The average Bonchev–Trinajstić information content (AvgIpc) is 2.08. The second-order valence-corrected chi connectivity index (χ2v) is 4.98. The molecule has 0 aliphatic rings. The lowest BCUT2D eigenvalue weighted by Gasteiger charge is -2.22. The van der Waals surface area contributed by atoms with Gasteiger partial charge in [0, 0.05) is 0 Å². The van der Waals surface area contributed by atoms with Gasteiger partial charge >= 0.3 is 6.09 Å². The molecule has 0 aromatic rings. The van der Waals surface area contributed by atoms with Crippen LogP contribution in [0.3, 0.4) is 0 Å². The molecule has 5 nitrogen and oxygen atoms in total. The van der Waals surface area contributed by atoms with Crippen LogP contribution in [0.1, 0.15) is 27.2 Å². The Bertz CT molecular complexity index is 234. The molecule has 0 radical (unpaired) electrons. The summed E-state index contributed by atoms with van der Waals surface area (Å²) >= 11 is 0. The molecule has 0 saturated heterocycles. The minimum absolute atomic E-state index is 0.489. The quantitative estimate of drug-likeness (QED) is 0.717. The minimum atomic E-state index is -0.552. The first kappa shape index (κ1) is 14.9. The van der Waals surface area contributed by atoms with Crippen LogP contribution in [0, 0.1) is 0 Å². The molecule has 5 heteroatoms. The second kappa shape index (κ2) is 6.48. The number of rotatable bonds is 5. The maximum atomic E-state index is 11.4. The predicted molar refractivity (Wildman–Crippen MR) is 62.4 cm³/mol. The number of alkyl carbamates (subject to hydrolysis) is 1. The fourth-order valence-electron chi connectivity index (χ4n) is 1.03. The normalized spacial score (nSPS) is 13.4. The minimum Gasteiger partial charge on any atom is -0.444 e. The van der Waals surface area contributed by atoms with E-state index < -0.39 is 17.7 Å². The number of ether oxygens (including phenoxy) is 1. The summed E-state index contributed by atoms with van der Waals surface area (Å²) in [4.78, 5) is 24.0. The SMILES string of the molecule is CN(C)CCC(C=O)NC(=O)OC(C)(C)C. The van der Waals surface area contributed by atoms with E-state index in [0.29, 0.717) is 6.42 Å². The summed E-state index contributed by atoms with van der Waals surface area (Å²) < 4.78 is 5.05. The highest BCUT2D eigenvalue weighted by atomic mass is 16.6. The third-order valence-corrected chi connectivity index (χ3v) is 1.75. The zero-order chi connectivity index (χ0) is 12.8. The Morgan fingerprint density at radius 3 is 2.38 bits per heavy atom. The number of aldehydes is 1. The second-order valence-electron chi connectivity index (χ2n) is 4.98. The third kappa shape index (κ3) is 8.23. The van der Waals surface area contributed by atoms with Crippen molar-refractivity contribution in [3.8, 4) is 0 Å². The monoisotopic (exact) mass is 230 g/mol. The van der Waals surface area contributed by atoms with Gasteiger partial charge in [-0.25, -0.2) is 4.79 Å². The van der Waals surface area contributed by atoms with E-state index in [-0.39, 0.29) is 0 Å². The number of hydrogen-bond donors (Lipinski definition) is 1. The maximum absolute atomic E-state index is 11.4. The van der Waals surface area contributed by atoms with Crippen LogP contribution in [0.25, 0.3) is 0 Å². The smallest absolute Gasteiger partial charge is 0.408 e. The Balaban J connectivity index is 4.02. The number of nitrogens with one attached hydrogen (secondary N) is 1. The molecule has 0 aliphatic heterocycles. The van der Waals surface area contributed by atoms with E-state index in [9.17, 15) is 9.59 Å². The van der Waals surface area contributed by atoms with Crippen molar-refractivity contribution in [2.24, 2.45) is 0 Å². The predicted octanol–water partition coefficient (Wildman–Crippen LogP) is 1.03. The van der Waals surface area contributed by atoms with Crippen LogP contribution in [0.4, 0.5) is 4.79 Å². The Morgan fingerprint density at radius 1 is 1.44 bits per heavy atom. The van der Waals surface area contributed by atoms with Crippen LogP contribution in [-0.2, 0) is 9.53 Å². The van der Waals surface area contributed by atoms with Crippen LogP contribution in [0.5, 0.6) is 0 Å². The Kier molecular flexibility index (Phi) is 6.03. The summed E-state index contributed by atoms with van der Waals surface area (Å²) in [5, 5.41) is 2.52. The summed E-state index contributed by atoms with van der Waals surface area (Å²) in [6.07, 6.45) is 0.756. The van der Waals surface area contributed by atoms with Crippen molar-refractivity contribution < 1.29 is 14.3 Å². The van der Waals surface area contributed by atoms with Crippen molar-refractivity contribution in [2.75, 3.05) is 20.6 Å². The highest BCUT2D eigenvalue weighted by Gasteiger charge is 2.18. The summed E-state index contributed by atoms with van der Waals surface area (Å²) in [6, 6.07) is -0.489. The summed E-state index contributed by atoms with van der Waals surface area (Å²) in [7, 11) is 3.82. The molecular formula is C11H22N2O3. The molecule has 0 fully saturated rings. The molecule has 1 amide bonds. The van der Waals surface area contributed by atoms with Gasteiger partial charge in [-0.3, -0.25) is 0 Å². The molecule has 16 heavy (non-hydrogen) atoms. The first-order valence-electron chi connectivity index (χ1n) is 5.34. The van der Waals surface area contributed by atoms with Crippen molar-refractivity contribution in [3.05, 3.63) is 0 Å². The van der Waals surface area contributed by atoms with Crippen LogP contribution in [0.2, 0.25) is 0 Å². The summed E-state index contributed by atoms with van der Waals surface area (Å²) in [5.41, 5.74) is -0.543. The molecule has 0 rings (SSSR count).